The average Bonchev–Trinajstić information content (AvgIpc) is 3.66. The van der Waals surface area contributed by atoms with E-state index < -0.39 is 17.6 Å². The SMILES string of the molecule is CS[C@H]([C@@H](C)C(=O)Oc1cccc(CCN(C)C(=O)[C@H](C)[C@@H](SC)[C@@H]2CCCN2C(=O)OC(C)(C)C)c1)[C@@H]1CCCN1C(=O)O. The van der Waals surface area contributed by atoms with Crippen molar-refractivity contribution in [1.82, 2.24) is 14.7 Å². The normalized spacial score (nSPS) is 21.2. The molecule has 3 amide bonds. The van der Waals surface area contributed by atoms with E-state index in [1.165, 1.54) is 16.7 Å². The van der Waals surface area contributed by atoms with Gasteiger partial charge in [-0.25, -0.2) is 9.59 Å². The maximum atomic E-state index is 13.5. The number of hydrogen-bond acceptors (Lipinski definition) is 8. The number of hydrogen-bond donors (Lipinski definition) is 1. The first-order valence-electron chi connectivity index (χ1n) is 15.8. The number of nitrogens with zero attached hydrogens (tertiary/aromatic N) is 3. The summed E-state index contributed by atoms with van der Waals surface area (Å²) in [5.74, 6) is -0.728. The van der Waals surface area contributed by atoms with Crippen molar-refractivity contribution in [2.75, 3.05) is 39.2 Å². The van der Waals surface area contributed by atoms with Crippen LogP contribution in [0.1, 0.15) is 65.9 Å². The smallest absolute Gasteiger partial charge is 0.410 e. The Hall–Kier alpha value is -2.60. The van der Waals surface area contributed by atoms with Crippen molar-refractivity contribution in [3.8, 4) is 5.75 Å². The van der Waals surface area contributed by atoms with Crippen molar-refractivity contribution in [1.29, 1.82) is 0 Å². The predicted octanol–water partition coefficient (Wildman–Crippen LogP) is 5.87. The van der Waals surface area contributed by atoms with Crippen LogP contribution in [0, 0.1) is 11.8 Å². The van der Waals surface area contributed by atoms with Gasteiger partial charge in [0.15, 0.2) is 0 Å². The maximum Gasteiger partial charge on any atom is 0.410 e. The third kappa shape index (κ3) is 9.70. The molecule has 0 saturated carbocycles. The van der Waals surface area contributed by atoms with Gasteiger partial charge in [-0.15, -0.1) is 0 Å². The van der Waals surface area contributed by atoms with E-state index in [0.717, 1.165) is 31.2 Å². The van der Waals surface area contributed by atoms with Crippen LogP contribution in [0.3, 0.4) is 0 Å². The number of carboxylic acid groups (broad SMARTS) is 1. The van der Waals surface area contributed by atoms with Gasteiger partial charge in [0.1, 0.15) is 11.4 Å². The van der Waals surface area contributed by atoms with Crippen LogP contribution in [0.15, 0.2) is 24.3 Å². The zero-order valence-corrected chi connectivity index (χ0v) is 29.6. The van der Waals surface area contributed by atoms with E-state index in [-0.39, 0.29) is 46.5 Å². The highest BCUT2D eigenvalue weighted by atomic mass is 32.2. The average molecular weight is 666 g/mol. The summed E-state index contributed by atoms with van der Waals surface area (Å²) in [5.41, 5.74) is 0.355. The lowest BCUT2D eigenvalue weighted by Crippen LogP contribution is -2.49. The molecule has 252 valence electrons. The zero-order valence-electron chi connectivity index (χ0n) is 28.0. The molecular formula is C33H51N3O7S2. The topological polar surface area (TPSA) is 117 Å². The summed E-state index contributed by atoms with van der Waals surface area (Å²) in [6, 6.07) is 7.04. The van der Waals surface area contributed by atoms with Gasteiger partial charge in [0.2, 0.25) is 5.91 Å². The van der Waals surface area contributed by atoms with Crippen LogP contribution >= 0.6 is 23.5 Å². The standard InChI is InChI=1S/C33H51N3O7S2/c1-21(27(44-7)26-15-11-18-36(26)32(41)43-33(3,4)5)29(37)34(6)19-16-23-12-9-13-24(20-23)42-30(38)22(2)28(45-8)25-14-10-17-35(25)31(39)40/h9,12-13,20-22,25-28H,10-11,14-19H2,1-8H3,(H,39,40)/t21-,22-,25+,26+,27-,28-/m1/s1. The Morgan fingerprint density at radius 2 is 1.56 bits per heavy atom. The van der Waals surface area contributed by atoms with Crippen molar-refractivity contribution >= 4 is 47.6 Å². The Kier molecular flexibility index (Phi) is 13.3. The number of likely N-dealkylation sites (tertiary alicyclic amines) is 2. The monoisotopic (exact) mass is 665 g/mol. The van der Waals surface area contributed by atoms with Gasteiger partial charge in [-0.1, -0.05) is 26.0 Å². The van der Waals surface area contributed by atoms with E-state index in [0.29, 0.717) is 31.8 Å². The molecular weight excluding hydrogens is 615 g/mol. The van der Waals surface area contributed by atoms with Crippen LogP contribution in [-0.4, -0.2) is 111 Å². The first-order chi connectivity index (χ1) is 21.2. The molecule has 1 aromatic carbocycles. The summed E-state index contributed by atoms with van der Waals surface area (Å²) < 4.78 is 11.4. The molecule has 10 nitrogen and oxygen atoms in total. The van der Waals surface area contributed by atoms with Gasteiger partial charge in [0.25, 0.3) is 0 Å². The molecule has 0 radical (unpaired) electrons. The van der Waals surface area contributed by atoms with Crippen LogP contribution in [-0.2, 0) is 20.7 Å². The Morgan fingerprint density at radius 3 is 2.13 bits per heavy atom. The van der Waals surface area contributed by atoms with E-state index in [2.05, 4.69) is 0 Å². The number of thioether (sulfide) groups is 2. The van der Waals surface area contributed by atoms with Crippen molar-refractivity contribution in [3.05, 3.63) is 29.8 Å². The fourth-order valence-electron chi connectivity index (χ4n) is 6.44. The van der Waals surface area contributed by atoms with Crippen LogP contribution in [0.25, 0.3) is 0 Å². The summed E-state index contributed by atoms with van der Waals surface area (Å²) in [5, 5.41) is 9.32. The molecule has 2 saturated heterocycles. The molecule has 45 heavy (non-hydrogen) atoms. The van der Waals surface area contributed by atoms with Crippen LogP contribution < -0.4 is 4.74 Å². The quantitative estimate of drug-likeness (QED) is 0.216. The summed E-state index contributed by atoms with van der Waals surface area (Å²) in [4.78, 5) is 56.2. The Morgan fingerprint density at radius 1 is 0.978 bits per heavy atom. The van der Waals surface area contributed by atoms with Gasteiger partial charge in [0.05, 0.1) is 5.92 Å². The molecule has 0 unspecified atom stereocenters. The maximum absolute atomic E-state index is 13.5. The highest BCUT2D eigenvalue weighted by Crippen LogP contribution is 2.34. The van der Waals surface area contributed by atoms with Gasteiger partial charge in [-0.05, 0) is 83.1 Å². The fourth-order valence-corrected chi connectivity index (χ4v) is 8.68. The molecule has 0 bridgehead atoms. The summed E-state index contributed by atoms with van der Waals surface area (Å²) in [7, 11) is 1.80. The lowest BCUT2D eigenvalue weighted by molar-refractivity contribution is -0.138. The van der Waals surface area contributed by atoms with Gasteiger partial charge in [-0.3, -0.25) is 9.59 Å². The molecule has 2 aliphatic rings. The number of amides is 3. The summed E-state index contributed by atoms with van der Waals surface area (Å²) in [6.45, 7) is 10.9. The number of likely N-dealkylation sites (N-methyl/N-ethyl adjacent to an activating group) is 1. The van der Waals surface area contributed by atoms with E-state index >= 15 is 0 Å². The van der Waals surface area contributed by atoms with Gasteiger partial charge >= 0.3 is 18.2 Å². The molecule has 0 aliphatic carbocycles. The molecule has 2 aliphatic heterocycles. The Bertz CT molecular complexity index is 1190. The highest BCUT2D eigenvalue weighted by molar-refractivity contribution is 7.99. The third-order valence-corrected chi connectivity index (χ3v) is 11.3. The van der Waals surface area contributed by atoms with E-state index in [1.807, 2.05) is 58.4 Å². The summed E-state index contributed by atoms with van der Waals surface area (Å²) >= 11 is 3.12. The van der Waals surface area contributed by atoms with E-state index in [1.54, 1.807) is 41.6 Å². The van der Waals surface area contributed by atoms with Gasteiger partial charge < -0.3 is 29.3 Å². The van der Waals surface area contributed by atoms with Crippen LogP contribution in [0.5, 0.6) is 5.75 Å². The molecule has 0 aromatic heterocycles. The lowest BCUT2D eigenvalue weighted by Gasteiger charge is -2.35. The Balaban J connectivity index is 1.58. The van der Waals surface area contributed by atoms with Crippen molar-refractivity contribution < 1.29 is 33.8 Å². The molecule has 0 spiro atoms. The molecule has 12 heteroatoms. The fraction of sp³-hybridized carbons (Fsp3) is 0.697. The third-order valence-electron chi connectivity index (χ3n) is 8.75. The first kappa shape index (κ1) is 36.9. The van der Waals surface area contributed by atoms with Crippen molar-refractivity contribution in [3.63, 3.8) is 0 Å². The molecule has 1 N–H and O–H groups in total. The number of esters is 1. The molecule has 6 atom stereocenters. The van der Waals surface area contributed by atoms with Gasteiger partial charge in [-0.2, -0.15) is 23.5 Å². The van der Waals surface area contributed by atoms with Crippen molar-refractivity contribution in [2.45, 2.75) is 94.9 Å². The molecule has 2 heterocycles. The van der Waals surface area contributed by atoms with E-state index in [4.69, 9.17) is 9.47 Å². The Labute approximate surface area is 276 Å². The predicted molar refractivity (Wildman–Crippen MR) is 180 cm³/mol. The van der Waals surface area contributed by atoms with E-state index in [9.17, 15) is 24.3 Å². The number of ether oxygens (including phenoxy) is 2. The number of benzene rings is 1. The van der Waals surface area contributed by atoms with Crippen LogP contribution in [0.4, 0.5) is 9.59 Å². The minimum Gasteiger partial charge on any atom is -0.465 e. The molecule has 1 aromatic rings. The second-order valence-electron chi connectivity index (χ2n) is 13.1. The number of rotatable bonds is 12. The van der Waals surface area contributed by atoms with Crippen LogP contribution in [0.2, 0.25) is 0 Å². The zero-order chi connectivity index (χ0) is 33.5. The lowest BCUT2D eigenvalue weighted by atomic mass is 9.97. The van der Waals surface area contributed by atoms with Crippen molar-refractivity contribution in [2.24, 2.45) is 11.8 Å². The molecule has 3 rings (SSSR count). The molecule has 2 fully saturated rings. The summed E-state index contributed by atoms with van der Waals surface area (Å²) in [6.07, 6.45) is 6.44. The second-order valence-corrected chi connectivity index (χ2v) is 15.2. The first-order valence-corrected chi connectivity index (χ1v) is 18.4. The minimum absolute atomic E-state index is 0.0206. The number of carbonyl (C=O) groups is 4. The van der Waals surface area contributed by atoms with Gasteiger partial charge in [0, 0.05) is 55.2 Å². The second kappa shape index (κ2) is 16.3. The largest absolute Gasteiger partial charge is 0.465 e. The highest BCUT2D eigenvalue weighted by Gasteiger charge is 2.42. The minimum atomic E-state index is -0.951. The number of carbonyl (C=O) groups excluding carboxylic acids is 3.